The van der Waals surface area contributed by atoms with Gasteiger partial charge in [-0.25, -0.2) is 4.79 Å². The van der Waals surface area contributed by atoms with Crippen LogP contribution in [-0.2, 0) is 27.1 Å². The summed E-state index contributed by atoms with van der Waals surface area (Å²) in [4.78, 5) is 14.2. The summed E-state index contributed by atoms with van der Waals surface area (Å²) < 4.78 is 17.8. The van der Waals surface area contributed by atoms with E-state index in [0.717, 1.165) is 28.7 Å². The third-order valence-electron chi connectivity index (χ3n) is 5.95. The highest BCUT2D eigenvalue weighted by Crippen LogP contribution is 2.37. The SMILES string of the molecule is CC1(C)OB(c2ccc3c(c2)CCN3C(=O)OCc2ccccc2)OC1(C)C. The molecule has 0 radical (unpaired) electrons. The predicted molar refractivity (Wildman–Crippen MR) is 110 cm³/mol. The molecule has 0 atom stereocenters. The lowest BCUT2D eigenvalue weighted by atomic mass is 9.78. The van der Waals surface area contributed by atoms with Crippen LogP contribution < -0.4 is 10.4 Å². The molecule has 2 aliphatic heterocycles. The standard InChI is InChI=1S/C22H26BNO4/c1-21(2)22(3,4)28-23(27-21)18-10-11-19-17(14-18)12-13-24(19)20(25)26-15-16-8-6-5-7-9-16/h5-11,14H,12-13,15H2,1-4H3. The number of anilines is 1. The zero-order valence-corrected chi connectivity index (χ0v) is 16.9. The fraction of sp³-hybridized carbons (Fsp3) is 0.409. The molecule has 2 heterocycles. The van der Waals surface area contributed by atoms with E-state index in [1.165, 1.54) is 0 Å². The van der Waals surface area contributed by atoms with Crippen LogP contribution >= 0.6 is 0 Å². The second kappa shape index (κ2) is 6.94. The number of amides is 1. The number of rotatable bonds is 3. The number of carbonyl (C=O) groups excluding carboxylic acids is 1. The topological polar surface area (TPSA) is 48.0 Å². The van der Waals surface area contributed by atoms with Crippen LogP contribution in [0.5, 0.6) is 0 Å². The first-order valence-electron chi connectivity index (χ1n) is 9.73. The first kappa shape index (κ1) is 19.0. The van der Waals surface area contributed by atoms with Crippen LogP contribution in [0.1, 0.15) is 38.8 Å². The van der Waals surface area contributed by atoms with Crippen molar-refractivity contribution in [2.45, 2.75) is 51.9 Å². The third kappa shape index (κ3) is 3.42. The zero-order chi connectivity index (χ0) is 19.9. The first-order valence-corrected chi connectivity index (χ1v) is 9.73. The number of hydrogen-bond acceptors (Lipinski definition) is 4. The van der Waals surface area contributed by atoms with Crippen LogP contribution in [0.3, 0.4) is 0 Å². The lowest BCUT2D eigenvalue weighted by Gasteiger charge is -2.32. The van der Waals surface area contributed by atoms with Crippen molar-refractivity contribution in [3.05, 3.63) is 59.7 Å². The normalized spacial score (nSPS) is 19.6. The summed E-state index contributed by atoms with van der Waals surface area (Å²) in [5.74, 6) is 0. The Labute approximate surface area is 166 Å². The smallest absolute Gasteiger partial charge is 0.444 e. The van der Waals surface area contributed by atoms with Gasteiger partial charge in [0.1, 0.15) is 6.61 Å². The number of nitrogens with zero attached hydrogens (tertiary/aromatic N) is 1. The molecule has 146 valence electrons. The van der Waals surface area contributed by atoms with Crippen molar-refractivity contribution >= 4 is 24.4 Å². The van der Waals surface area contributed by atoms with E-state index >= 15 is 0 Å². The Kier molecular flexibility index (Phi) is 4.72. The summed E-state index contributed by atoms with van der Waals surface area (Å²) in [6.07, 6.45) is 0.481. The van der Waals surface area contributed by atoms with E-state index in [9.17, 15) is 4.79 Å². The van der Waals surface area contributed by atoms with Gasteiger partial charge >= 0.3 is 13.2 Å². The molecule has 0 bridgehead atoms. The van der Waals surface area contributed by atoms with Crippen LogP contribution in [0.2, 0.25) is 0 Å². The van der Waals surface area contributed by atoms with Gasteiger partial charge in [-0.3, -0.25) is 4.90 Å². The van der Waals surface area contributed by atoms with Gasteiger partial charge in [0, 0.05) is 6.54 Å². The van der Waals surface area contributed by atoms with E-state index in [2.05, 4.69) is 6.07 Å². The summed E-state index contributed by atoms with van der Waals surface area (Å²) >= 11 is 0. The molecular formula is C22H26BNO4. The Bertz CT molecular complexity index is 865. The van der Waals surface area contributed by atoms with Gasteiger partial charge in [0.25, 0.3) is 0 Å². The van der Waals surface area contributed by atoms with E-state index in [4.69, 9.17) is 14.0 Å². The number of ether oxygens (including phenoxy) is 1. The van der Waals surface area contributed by atoms with E-state index < -0.39 is 7.12 Å². The van der Waals surface area contributed by atoms with Gasteiger partial charge in [0.2, 0.25) is 0 Å². The lowest BCUT2D eigenvalue weighted by molar-refractivity contribution is 0.00578. The number of benzene rings is 2. The van der Waals surface area contributed by atoms with Gasteiger partial charge in [0.15, 0.2) is 0 Å². The fourth-order valence-electron chi connectivity index (χ4n) is 3.53. The Balaban J connectivity index is 1.46. The van der Waals surface area contributed by atoms with Gasteiger partial charge in [-0.1, -0.05) is 42.5 Å². The molecule has 2 aromatic carbocycles. The Morgan fingerprint density at radius 3 is 2.43 bits per heavy atom. The van der Waals surface area contributed by atoms with E-state index in [0.29, 0.717) is 6.54 Å². The maximum Gasteiger partial charge on any atom is 0.494 e. The molecule has 1 amide bonds. The minimum atomic E-state index is -0.394. The van der Waals surface area contributed by atoms with Gasteiger partial charge < -0.3 is 14.0 Å². The minimum absolute atomic E-state index is 0.275. The summed E-state index contributed by atoms with van der Waals surface area (Å²) in [5.41, 5.74) is 3.24. The number of carbonyl (C=O) groups is 1. The minimum Gasteiger partial charge on any atom is -0.444 e. The average molecular weight is 379 g/mol. The molecule has 0 saturated carbocycles. The predicted octanol–water partition coefficient (Wildman–Crippen LogP) is 3.69. The van der Waals surface area contributed by atoms with Crippen molar-refractivity contribution in [3.8, 4) is 0 Å². The summed E-state index contributed by atoms with van der Waals surface area (Å²) in [6.45, 7) is 9.08. The second-order valence-electron chi connectivity index (χ2n) is 8.42. The van der Waals surface area contributed by atoms with Crippen molar-refractivity contribution < 1.29 is 18.8 Å². The van der Waals surface area contributed by atoms with E-state index in [1.54, 1.807) is 4.90 Å². The molecular weight excluding hydrogens is 353 g/mol. The highest BCUT2D eigenvalue weighted by atomic mass is 16.7. The molecule has 2 aromatic rings. The molecule has 1 fully saturated rings. The summed E-state index contributed by atoms with van der Waals surface area (Å²) in [6, 6.07) is 15.7. The number of hydrogen-bond donors (Lipinski definition) is 0. The first-order chi connectivity index (χ1) is 13.3. The van der Waals surface area contributed by atoms with Crippen molar-refractivity contribution in [1.82, 2.24) is 0 Å². The maximum absolute atomic E-state index is 12.5. The molecule has 6 heteroatoms. The second-order valence-corrected chi connectivity index (χ2v) is 8.42. The highest BCUT2D eigenvalue weighted by Gasteiger charge is 2.51. The fourth-order valence-corrected chi connectivity index (χ4v) is 3.53. The quantitative estimate of drug-likeness (QED) is 0.764. The van der Waals surface area contributed by atoms with Crippen LogP contribution in [0.15, 0.2) is 48.5 Å². The van der Waals surface area contributed by atoms with Gasteiger partial charge in [0.05, 0.1) is 16.9 Å². The van der Waals surface area contributed by atoms with Crippen LogP contribution in [0, 0.1) is 0 Å². The molecule has 1 saturated heterocycles. The molecule has 28 heavy (non-hydrogen) atoms. The zero-order valence-electron chi connectivity index (χ0n) is 16.9. The average Bonchev–Trinajstić information content (AvgIpc) is 3.18. The molecule has 2 aliphatic rings. The highest BCUT2D eigenvalue weighted by molar-refractivity contribution is 6.62. The molecule has 0 aliphatic carbocycles. The van der Waals surface area contributed by atoms with Crippen molar-refractivity contribution in [2.24, 2.45) is 0 Å². The Hall–Kier alpha value is -2.31. The largest absolute Gasteiger partial charge is 0.494 e. The van der Waals surface area contributed by atoms with Gasteiger partial charge in [-0.2, -0.15) is 0 Å². The molecule has 0 N–H and O–H groups in total. The van der Waals surface area contributed by atoms with E-state index in [1.807, 2.05) is 70.2 Å². The maximum atomic E-state index is 12.5. The number of fused-ring (bicyclic) bond motifs is 1. The molecule has 0 aromatic heterocycles. The lowest BCUT2D eigenvalue weighted by Crippen LogP contribution is -2.41. The Morgan fingerprint density at radius 2 is 1.75 bits per heavy atom. The van der Waals surface area contributed by atoms with E-state index in [-0.39, 0.29) is 23.9 Å². The van der Waals surface area contributed by atoms with Crippen LogP contribution in [0.4, 0.5) is 10.5 Å². The molecule has 5 nitrogen and oxygen atoms in total. The van der Waals surface area contributed by atoms with Crippen molar-refractivity contribution in [1.29, 1.82) is 0 Å². The Morgan fingerprint density at radius 1 is 1.07 bits per heavy atom. The molecule has 4 rings (SSSR count). The molecule has 0 spiro atoms. The van der Waals surface area contributed by atoms with Crippen LogP contribution in [0.25, 0.3) is 0 Å². The van der Waals surface area contributed by atoms with Gasteiger partial charge in [-0.05, 0) is 56.8 Å². The van der Waals surface area contributed by atoms with Crippen LogP contribution in [-0.4, -0.2) is 31.0 Å². The van der Waals surface area contributed by atoms with Gasteiger partial charge in [-0.15, -0.1) is 0 Å². The molecule has 0 unspecified atom stereocenters. The van der Waals surface area contributed by atoms with Crippen molar-refractivity contribution in [2.75, 3.05) is 11.4 Å². The van der Waals surface area contributed by atoms with Crippen molar-refractivity contribution in [3.63, 3.8) is 0 Å². The summed E-state index contributed by atoms with van der Waals surface area (Å²) in [7, 11) is -0.394. The summed E-state index contributed by atoms with van der Waals surface area (Å²) in [5, 5.41) is 0. The third-order valence-corrected chi connectivity index (χ3v) is 5.95. The monoisotopic (exact) mass is 379 g/mol.